The summed E-state index contributed by atoms with van der Waals surface area (Å²) in [5.41, 5.74) is 5.51. The smallest absolute Gasteiger partial charge is 0.334 e. The summed E-state index contributed by atoms with van der Waals surface area (Å²) in [5, 5.41) is 0. The van der Waals surface area contributed by atoms with Crippen molar-refractivity contribution in [1.29, 1.82) is 0 Å². The molecule has 0 saturated heterocycles. The molecule has 0 bridgehead atoms. The zero-order valence-electron chi connectivity index (χ0n) is 12.8. The van der Waals surface area contributed by atoms with Crippen LogP contribution in [0.1, 0.15) is 18.1 Å². The van der Waals surface area contributed by atoms with Crippen molar-refractivity contribution in [2.75, 3.05) is 12.4 Å². The molecular formula is C19H19O2S. The Hall–Kier alpha value is -2.00. The van der Waals surface area contributed by atoms with Gasteiger partial charge in [0, 0.05) is 16.2 Å². The molecule has 113 valence electrons. The number of fused-ring (bicyclic) bond motifs is 1. The monoisotopic (exact) mass is 311 g/mol. The molecule has 1 heterocycles. The van der Waals surface area contributed by atoms with Gasteiger partial charge >= 0.3 is 5.97 Å². The number of esters is 1. The van der Waals surface area contributed by atoms with Crippen LogP contribution in [0.15, 0.2) is 52.9 Å². The normalized spacial score (nSPS) is 13.3. The minimum absolute atomic E-state index is 0.193. The lowest BCUT2D eigenvalue weighted by Gasteiger charge is -2.17. The van der Waals surface area contributed by atoms with Crippen LogP contribution in [0.2, 0.25) is 0 Å². The van der Waals surface area contributed by atoms with Gasteiger partial charge in [0.1, 0.15) is 0 Å². The van der Waals surface area contributed by atoms with Crippen LogP contribution in [0.25, 0.3) is 17.2 Å². The van der Waals surface area contributed by atoms with E-state index >= 15 is 0 Å². The summed E-state index contributed by atoms with van der Waals surface area (Å²) in [6.45, 7) is 4.34. The number of carbonyl (C=O) groups excluding carboxylic acids is 1. The van der Waals surface area contributed by atoms with Crippen LogP contribution >= 0.6 is 11.8 Å². The standard InChI is InChI=1S/C19H19O2S/c1-3-21-19(20)17-11-16-10-15(8-9-18(16)22-12-17)14-6-4-13(2)5-7-14/h4-11,22H,3,12H2,1-2H3. The van der Waals surface area contributed by atoms with Crippen molar-refractivity contribution < 1.29 is 9.53 Å². The molecule has 0 atom stereocenters. The van der Waals surface area contributed by atoms with Gasteiger partial charge in [-0.2, -0.15) is 11.8 Å². The number of hydrogen-bond donors (Lipinski definition) is 1. The fourth-order valence-electron chi connectivity index (χ4n) is 2.49. The van der Waals surface area contributed by atoms with Crippen molar-refractivity contribution in [3.05, 3.63) is 59.2 Å². The van der Waals surface area contributed by atoms with Crippen molar-refractivity contribution in [1.82, 2.24) is 0 Å². The predicted octanol–water partition coefficient (Wildman–Crippen LogP) is 4.45. The fourth-order valence-corrected chi connectivity index (χ4v) is 3.54. The molecule has 1 radical (unpaired) electrons. The summed E-state index contributed by atoms with van der Waals surface area (Å²) in [7, 11) is 0. The molecule has 2 nitrogen and oxygen atoms in total. The first-order valence-corrected chi connectivity index (χ1v) is 8.51. The molecule has 3 heteroatoms. The third-order valence-electron chi connectivity index (χ3n) is 3.70. The molecule has 22 heavy (non-hydrogen) atoms. The Kier molecular flexibility index (Phi) is 4.34. The van der Waals surface area contributed by atoms with Gasteiger partial charge in [0.25, 0.3) is 0 Å². The SMILES string of the molecule is CCOC(=O)C1=Cc2cc(-c3ccc(C)cc3)ccc2[SH]C1. The van der Waals surface area contributed by atoms with E-state index < -0.39 is 0 Å². The Morgan fingerprint density at radius 3 is 2.59 bits per heavy atom. The lowest BCUT2D eigenvalue weighted by Crippen LogP contribution is -2.11. The number of aryl methyl sites for hydroxylation is 1. The van der Waals surface area contributed by atoms with Gasteiger partial charge in [-0.05, 0) is 48.7 Å². The molecule has 0 unspecified atom stereocenters. The van der Waals surface area contributed by atoms with Crippen molar-refractivity contribution in [2.24, 2.45) is 0 Å². The second-order valence-corrected chi connectivity index (χ2v) is 6.46. The molecule has 0 spiro atoms. The predicted molar refractivity (Wildman–Crippen MR) is 93.3 cm³/mol. The Labute approximate surface area is 135 Å². The fraction of sp³-hybridized carbons (Fsp3) is 0.211. The van der Waals surface area contributed by atoms with Gasteiger partial charge in [-0.25, -0.2) is 4.79 Å². The van der Waals surface area contributed by atoms with Gasteiger partial charge in [0.2, 0.25) is 0 Å². The van der Waals surface area contributed by atoms with Gasteiger partial charge in [0.05, 0.1) is 6.61 Å². The second-order valence-electron chi connectivity index (χ2n) is 5.35. The Balaban J connectivity index is 1.95. The van der Waals surface area contributed by atoms with Crippen molar-refractivity contribution >= 4 is 23.8 Å². The molecular weight excluding hydrogens is 292 g/mol. The average Bonchev–Trinajstić information content (AvgIpc) is 2.55. The van der Waals surface area contributed by atoms with Crippen LogP contribution in [0.4, 0.5) is 0 Å². The average molecular weight is 311 g/mol. The molecule has 1 aliphatic heterocycles. The molecule has 0 aliphatic carbocycles. The molecule has 2 aromatic carbocycles. The summed E-state index contributed by atoms with van der Waals surface area (Å²) < 4.78 is 5.11. The number of carbonyl (C=O) groups is 1. The molecule has 2 aromatic rings. The number of benzene rings is 2. The van der Waals surface area contributed by atoms with Crippen LogP contribution < -0.4 is 0 Å². The van der Waals surface area contributed by atoms with Crippen LogP contribution in [0, 0.1) is 6.92 Å². The highest BCUT2D eigenvalue weighted by molar-refractivity contribution is 7.99. The lowest BCUT2D eigenvalue weighted by molar-refractivity contribution is -0.138. The molecule has 0 N–H and O–H groups in total. The molecule has 0 saturated carbocycles. The summed E-state index contributed by atoms with van der Waals surface area (Å²) in [4.78, 5) is 13.2. The van der Waals surface area contributed by atoms with E-state index in [4.69, 9.17) is 4.74 Å². The maximum Gasteiger partial charge on any atom is 0.334 e. The lowest BCUT2D eigenvalue weighted by atomic mass is 10.0. The summed E-state index contributed by atoms with van der Waals surface area (Å²) >= 11 is 1.16. The third kappa shape index (κ3) is 3.09. The van der Waals surface area contributed by atoms with Crippen LogP contribution in [0.3, 0.4) is 0 Å². The van der Waals surface area contributed by atoms with Crippen LogP contribution in [-0.2, 0) is 9.53 Å². The Bertz CT molecular complexity index is 730. The number of hydrogen-bond acceptors (Lipinski definition) is 2. The van der Waals surface area contributed by atoms with Gasteiger partial charge in [0.15, 0.2) is 0 Å². The minimum Gasteiger partial charge on any atom is -0.463 e. The van der Waals surface area contributed by atoms with E-state index in [1.165, 1.54) is 21.6 Å². The first-order valence-electron chi connectivity index (χ1n) is 7.43. The first-order chi connectivity index (χ1) is 10.7. The Morgan fingerprint density at radius 1 is 1.14 bits per heavy atom. The van der Waals surface area contributed by atoms with Crippen molar-refractivity contribution in [3.63, 3.8) is 0 Å². The van der Waals surface area contributed by atoms with Gasteiger partial charge in [-0.3, -0.25) is 0 Å². The zero-order chi connectivity index (χ0) is 15.5. The highest BCUT2D eigenvalue weighted by atomic mass is 32.2. The molecule has 0 amide bonds. The van der Waals surface area contributed by atoms with E-state index in [0.717, 1.165) is 28.7 Å². The number of rotatable bonds is 3. The van der Waals surface area contributed by atoms with E-state index in [-0.39, 0.29) is 5.97 Å². The summed E-state index contributed by atoms with van der Waals surface area (Å²) in [6, 6.07) is 15.0. The van der Waals surface area contributed by atoms with E-state index in [2.05, 4.69) is 49.4 Å². The van der Waals surface area contributed by atoms with Crippen LogP contribution in [-0.4, -0.2) is 18.3 Å². The van der Waals surface area contributed by atoms with E-state index in [9.17, 15) is 4.79 Å². The summed E-state index contributed by atoms with van der Waals surface area (Å²) in [5.74, 6) is 0.539. The minimum atomic E-state index is -0.193. The topological polar surface area (TPSA) is 26.3 Å². The van der Waals surface area contributed by atoms with E-state index in [1.54, 1.807) is 0 Å². The molecule has 3 rings (SSSR count). The molecule has 0 aromatic heterocycles. The van der Waals surface area contributed by atoms with Crippen molar-refractivity contribution in [3.8, 4) is 11.1 Å². The van der Waals surface area contributed by atoms with E-state index in [1.807, 2.05) is 13.0 Å². The van der Waals surface area contributed by atoms with Crippen molar-refractivity contribution in [2.45, 2.75) is 18.7 Å². The highest BCUT2D eigenvalue weighted by Crippen LogP contribution is 2.35. The Morgan fingerprint density at radius 2 is 1.86 bits per heavy atom. The van der Waals surface area contributed by atoms with E-state index in [0.29, 0.717) is 6.61 Å². The molecule has 1 aliphatic rings. The maximum atomic E-state index is 11.9. The third-order valence-corrected chi connectivity index (χ3v) is 4.95. The zero-order valence-corrected chi connectivity index (χ0v) is 13.7. The quantitative estimate of drug-likeness (QED) is 0.669. The first kappa shape index (κ1) is 14.9. The maximum absolute atomic E-state index is 11.9. The highest BCUT2D eigenvalue weighted by Gasteiger charge is 2.17. The molecule has 0 fully saturated rings. The largest absolute Gasteiger partial charge is 0.463 e. The number of ether oxygens (including phenoxy) is 1. The van der Waals surface area contributed by atoms with Gasteiger partial charge in [-0.15, -0.1) is 0 Å². The van der Waals surface area contributed by atoms with Gasteiger partial charge < -0.3 is 4.74 Å². The summed E-state index contributed by atoms with van der Waals surface area (Å²) in [6.07, 6.45) is 1.97. The van der Waals surface area contributed by atoms with Crippen LogP contribution in [0.5, 0.6) is 0 Å². The number of thiol groups is 1. The van der Waals surface area contributed by atoms with Gasteiger partial charge in [-0.1, -0.05) is 35.9 Å². The second kappa shape index (κ2) is 6.41.